The van der Waals surface area contributed by atoms with Gasteiger partial charge in [0, 0.05) is 18.5 Å². The minimum Gasteiger partial charge on any atom is -0.484 e. The van der Waals surface area contributed by atoms with Crippen LogP contribution in [0, 0.1) is 0 Å². The summed E-state index contributed by atoms with van der Waals surface area (Å²) in [5.41, 5.74) is 1.42. The van der Waals surface area contributed by atoms with Crippen LogP contribution in [0.2, 0.25) is 0 Å². The highest BCUT2D eigenvalue weighted by Gasteiger charge is 2.41. The van der Waals surface area contributed by atoms with E-state index in [4.69, 9.17) is 4.74 Å². The molecule has 2 aliphatic heterocycles. The number of ether oxygens (including phenoxy) is 1. The maximum absolute atomic E-state index is 12.4. The van der Waals surface area contributed by atoms with Crippen LogP contribution in [0.15, 0.2) is 12.3 Å². The van der Waals surface area contributed by atoms with Gasteiger partial charge >= 0.3 is 0 Å². The lowest BCUT2D eigenvalue weighted by atomic mass is 9.83. The molecular weight excluding hydrogens is 276 g/mol. The zero-order chi connectivity index (χ0) is 13.3. The summed E-state index contributed by atoms with van der Waals surface area (Å²) in [6.07, 6.45) is 5.99. The van der Waals surface area contributed by atoms with Gasteiger partial charge in [-0.2, -0.15) is 0 Å². The fourth-order valence-electron chi connectivity index (χ4n) is 3.00. The quantitative estimate of drug-likeness (QED) is 0.911. The molecule has 0 atom stereocenters. The van der Waals surface area contributed by atoms with Gasteiger partial charge in [-0.15, -0.1) is 12.4 Å². The molecule has 1 spiro atoms. The molecule has 1 fully saturated rings. The second-order valence-corrected chi connectivity index (χ2v) is 5.56. The number of fused-ring (bicyclic) bond motifs is 1. The largest absolute Gasteiger partial charge is 0.484 e. The normalized spacial score (nSPS) is 19.9. The number of rotatable bonds is 2. The second kappa shape index (κ2) is 6.10. The molecule has 0 bridgehead atoms. The molecule has 20 heavy (non-hydrogen) atoms. The first kappa shape index (κ1) is 15.3. The van der Waals surface area contributed by atoms with Crippen molar-refractivity contribution in [3.8, 4) is 5.75 Å². The molecule has 3 rings (SSSR count). The maximum Gasteiger partial charge on any atom is 0.170 e. The van der Waals surface area contributed by atoms with Crippen molar-refractivity contribution in [2.75, 3.05) is 13.1 Å². The Labute approximate surface area is 125 Å². The number of Topliss-reactive ketones (excluding diaryl/α,β-unsaturated/α-hetero) is 1. The van der Waals surface area contributed by atoms with E-state index in [1.165, 1.54) is 0 Å². The molecular formula is C15H21ClN2O2. The first-order valence-electron chi connectivity index (χ1n) is 7.14. The van der Waals surface area contributed by atoms with Crippen LogP contribution in [0.4, 0.5) is 0 Å². The highest BCUT2D eigenvalue weighted by molar-refractivity contribution is 6.00. The summed E-state index contributed by atoms with van der Waals surface area (Å²) in [5.74, 6) is 0.890. The van der Waals surface area contributed by atoms with E-state index in [1.54, 1.807) is 6.20 Å². The lowest BCUT2D eigenvalue weighted by molar-refractivity contribution is 0.0184. The van der Waals surface area contributed by atoms with Gasteiger partial charge in [-0.25, -0.2) is 0 Å². The first-order chi connectivity index (χ1) is 9.22. The van der Waals surface area contributed by atoms with Gasteiger partial charge in [-0.05, 0) is 25.6 Å². The number of nitrogens with one attached hydrogen (secondary N) is 1. The molecule has 0 radical (unpaired) electrons. The van der Waals surface area contributed by atoms with E-state index >= 15 is 0 Å². The molecule has 0 amide bonds. The number of ketones is 1. The summed E-state index contributed by atoms with van der Waals surface area (Å²) >= 11 is 0. The van der Waals surface area contributed by atoms with Gasteiger partial charge in [0.05, 0.1) is 18.2 Å². The van der Waals surface area contributed by atoms with E-state index < -0.39 is 0 Å². The molecule has 3 heterocycles. The van der Waals surface area contributed by atoms with Crippen LogP contribution in [0.5, 0.6) is 5.75 Å². The summed E-state index contributed by atoms with van der Waals surface area (Å²) in [4.78, 5) is 16.8. The number of hydrogen-bond donors (Lipinski definition) is 1. The van der Waals surface area contributed by atoms with Crippen LogP contribution in [-0.4, -0.2) is 29.5 Å². The van der Waals surface area contributed by atoms with Crippen LogP contribution in [0.1, 0.15) is 48.7 Å². The van der Waals surface area contributed by atoms with Crippen molar-refractivity contribution in [2.45, 2.75) is 44.6 Å². The topological polar surface area (TPSA) is 51.2 Å². The van der Waals surface area contributed by atoms with E-state index in [1.807, 2.05) is 6.07 Å². The Morgan fingerprint density at radius 2 is 2.15 bits per heavy atom. The Bertz CT molecular complexity index is 499. The molecule has 1 aromatic rings. The molecule has 0 unspecified atom stereocenters. The maximum atomic E-state index is 12.4. The third kappa shape index (κ3) is 2.81. The van der Waals surface area contributed by atoms with Crippen LogP contribution >= 0.6 is 12.4 Å². The number of aromatic nitrogens is 1. The smallest absolute Gasteiger partial charge is 0.170 e. The minimum atomic E-state index is -0.288. The Morgan fingerprint density at radius 1 is 1.40 bits per heavy atom. The lowest BCUT2D eigenvalue weighted by Gasteiger charge is -2.40. The number of carbonyl (C=O) groups is 1. The number of aryl methyl sites for hydroxylation is 1. The van der Waals surface area contributed by atoms with Gasteiger partial charge in [0.25, 0.3) is 0 Å². The third-order valence-electron chi connectivity index (χ3n) is 4.05. The van der Waals surface area contributed by atoms with Gasteiger partial charge in [-0.1, -0.05) is 13.3 Å². The zero-order valence-corrected chi connectivity index (χ0v) is 12.6. The number of hydrogen-bond acceptors (Lipinski definition) is 4. The molecule has 0 saturated carbocycles. The third-order valence-corrected chi connectivity index (χ3v) is 4.05. The molecule has 2 aliphatic rings. The lowest BCUT2D eigenvalue weighted by Crippen LogP contribution is -2.49. The van der Waals surface area contributed by atoms with Crippen LogP contribution in [0.25, 0.3) is 0 Å². The van der Waals surface area contributed by atoms with E-state index in [9.17, 15) is 4.79 Å². The van der Waals surface area contributed by atoms with Gasteiger partial charge in [0.2, 0.25) is 0 Å². The number of piperidine rings is 1. The predicted molar refractivity (Wildman–Crippen MR) is 79.9 cm³/mol. The average molecular weight is 297 g/mol. The molecule has 4 nitrogen and oxygen atoms in total. The Morgan fingerprint density at radius 3 is 2.85 bits per heavy atom. The van der Waals surface area contributed by atoms with Crippen LogP contribution < -0.4 is 10.1 Å². The standard InChI is InChI=1S/C15H20N2O2.ClH/c1-2-3-11-8-12-13(18)9-15(4-6-16-7-5-15)19-14(12)10-17-11;/h8,10,16H,2-7,9H2,1H3;1H. The number of halogens is 1. The first-order valence-corrected chi connectivity index (χ1v) is 7.14. The monoisotopic (exact) mass is 296 g/mol. The van der Waals surface area contributed by atoms with E-state index in [0.29, 0.717) is 12.2 Å². The average Bonchev–Trinajstić information content (AvgIpc) is 2.41. The summed E-state index contributed by atoms with van der Waals surface area (Å²) in [6.45, 7) is 3.96. The molecule has 0 aromatic carbocycles. The van der Waals surface area contributed by atoms with Crippen molar-refractivity contribution < 1.29 is 9.53 Å². The van der Waals surface area contributed by atoms with Crippen LogP contribution in [0.3, 0.4) is 0 Å². The minimum absolute atomic E-state index is 0. The van der Waals surface area contributed by atoms with Crippen molar-refractivity contribution in [3.63, 3.8) is 0 Å². The Hall–Kier alpha value is -1.13. The molecule has 1 saturated heterocycles. The van der Waals surface area contributed by atoms with Gasteiger partial charge in [-0.3, -0.25) is 9.78 Å². The molecule has 0 aliphatic carbocycles. The highest BCUT2D eigenvalue weighted by Crippen LogP contribution is 2.37. The fraction of sp³-hybridized carbons (Fsp3) is 0.600. The van der Waals surface area contributed by atoms with Gasteiger partial charge in [0.1, 0.15) is 11.4 Å². The van der Waals surface area contributed by atoms with E-state index in [2.05, 4.69) is 17.2 Å². The van der Waals surface area contributed by atoms with E-state index in [0.717, 1.165) is 50.0 Å². The number of carbonyl (C=O) groups excluding carboxylic acids is 1. The van der Waals surface area contributed by atoms with Crippen molar-refractivity contribution >= 4 is 18.2 Å². The summed E-state index contributed by atoms with van der Waals surface area (Å²) in [5, 5.41) is 3.31. The van der Waals surface area contributed by atoms with Crippen molar-refractivity contribution in [3.05, 3.63) is 23.5 Å². The molecule has 5 heteroatoms. The predicted octanol–water partition coefficient (Wildman–Crippen LogP) is 2.54. The number of pyridine rings is 1. The number of nitrogens with zero attached hydrogens (tertiary/aromatic N) is 1. The molecule has 110 valence electrons. The van der Waals surface area contributed by atoms with E-state index in [-0.39, 0.29) is 23.8 Å². The van der Waals surface area contributed by atoms with Crippen molar-refractivity contribution in [1.29, 1.82) is 0 Å². The van der Waals surface area contributed by atoms with Gasteiger partial charge < -0.3 is 10.1 Å². The summed E-state index contributed by atoms with van der Waals surface area (Å²) in [7, 11) is 0. The highest BCUT2D eigenvalue weighted by atomic mass is 35.5. The Kier molecular flexibility index (Phi) is 4.66. The Balaban J connectivity index is 0.00000147. The van der Waals surface area contributed by atoms with Crippen molar-refractivity contribution in [1.82, 2.24) is 10.3 Å². The molecule has 1 aromatic heterocycles. The summed E-state index contributed by atoms with van der Waals surface area (Å²) in [6, 6.07) is 1.91. The van der Waals surface area contributed by atoms with Crippen molar-refractivity contribution in [2.24, 2.45) is 0 Å². The zero-order valence-electron chi connectivity index (χ0n) is 11.8. The second-order valence-electron chi connectivity index (χ2n) is 5.56. The fourth-order valence-corrected chi connectivity index (χ4v) is 3.00. The molecule has 1 N–H and O–H groups in total. The summed E-state index contributed by atoms with van der Waals surface area (Å²) < 4.78 is 6.14. The van der Waals surface area contributed by atoms with Gasteiger partial charge in [0.15, 0.2) is 5.78 Å². The SMILES string of the molecule is CCCc1cc2c(cn1)OC1(CCNCC1)CC2=O.Cl. The van der Waals surface area contributed by atoms with Crippen LogP contribution in [-0.2, 0) is 6.42 Å².